The number of carboxylic acids is 1. The van der Waals surface area contributed by atoms with Crippen LogP contribution in [-0.2, 0) is 4.79 Å². The molecule has 2 aliphatic carbocycles. The average Bonchev–Trinajstić information content (AvgIpc) is 2.79. The van der Waals surface area contributed by atoms with Crippen molar-refractivity contribution in [2.75, 3.05) is 13.1 Å². The lowest BCUT2D eigenvalue weighted by atomic mass is 9.60. The molecule has 0 amide bonds. The van der Waals surface area contributed by atoms with Crippen molar-refractivity contribution in [3.8, 4) is 5.75 Å². The van der Waals surface area contributed by atoms with Crippen LogP contribution in [0.4, 0.5) is 0 Å². The molecule has 172 valence electrons. The van der Waals surface area contributed by atoms with Crippen molar-refractivity contribution in [1.82, 2.24) is 9.88 Å². The summed E-state index contributed by atoms with van der Waals surface area (Å²) in [5.74, 6) is 0.106. The molecule has 32 heavy (non-hydrogen) atoms. The lowest BCUT2D eigenvalue weighted by Crippen LogP contribution is -2.38. The van der Waals surface area contributed by atoms with Gasteiger partial charge in [-0.3, -0.25) is 14.7 Å². The summed E-state index contributed by atoms with van der Waals surface area (Å²) in [6.45, 7) is 3.84. The molecule has 5 heteroatoms. The molecule has 5 rings (SSSR count). The molecular formula is C27H36N2O3. The van der Waals surface area contributed by atoms with E-state index < -0.39 is 5.97 Å². The fraction of sp³-hybridized carbons (Fsp3) is 0.630. The van der Waals surface area contributed by atoms with Crippen molar-refractivity contribution in [3.63, 3.8) is 0 Å². The fourth-order valence-corrected chi connectivity index (χ4v) is 6.18. The number of ether oxygens (including phenoxy) is 1. The Morgan fingerprint density at radius 3 is 2.50 bits per heavy atom. The number of pyridine rings is 1. The molecule has 0 bridgehead atoms. The number of carbonyl (C=O) groups is 1. The van der Waals surface area contributed by atoms with E-state index in [0.29, 0.717) is 11.5 Å². The van der Waals surface area contributed by atoms with Crippen LogP contribution in [-0.4, -0.2) is 40.2 Å². The van der Waals surface area contributed by atoms with E-state index in [-0.39, 0.29) is 12.0 Å². The number of carboxylic acid groups (broad SMARTS) is 1. The minimum atomic E-state index is -0.657. The van der Waals surface area contributed by atoms with Crippen LogP contribution in [0.3, 0.4) is 0 Å². The topological polar surface area (TPSA) is 62.7 Å². The third-order valence-electron chi connectivity index (χ3n) is 8.44. The summed E-state index contributed by atoms with van der Waals surface area (Å²) in [6, 6.07) is 10.9. The van der Waals surface area contributed by atoms with Crippen molar-refractivity contribution < 1.29 is 14.6 Å². The molecule has 2 heterocycles. The van der Waals surface area contributed by atoms with Crippen LogP contribution in [0.2, 0.25) is 0 Å². The summed E-state index contributed by atoms with van der Waals surface area (Å²) in [7, 11) is 0. The van der Waals surface area contributed by atoms with E-state index in [9.17, 15) is 9.90 Å². The quantitative estimate of drug-likeness (QED) is 0.604. The third kappa shape index (κ3) is 4.36. The summed E-state index contributed by atoms with van der Waals surface area (Å²) < 4.78 is 6.36. The Bertz CT molecular complexity index is 953. The van der Waals surface area contributed by atoms with Crippen molar-refractivity contribution >= 4 is 16.9 Å². The second-order valence-corrected chi connectivity index (χ2v) is 10.3. The maximum Gasteiger partial charge on any atom is 0.306 e. The van der Waals surface area contributed by atoms with E-state index in [1.807, 2.05) is 0 Å². The summed E-state index contributed by atoms with van der Waals surface area (Å²) >= 11 is 0. The molecule has 3 fully saturated rings. The summed E-state index contributed by atoms with van der Waals surface area (Å²) in [4.78, 5) is 18.7. The van der Waals surface area contributed by atoms with Crippen molar-refractivity contribution in [2.24, 2.45) is 11.3 Å². The number of aromatic nitrogens is 1. The van der Waals surface area contributed by atoms with Crippen LogP contribution in [0.25, 0.3) is 10.9 Å². The molecule has 1 aromatic carbocycles. The van der Waals surface area contributed by atoms with E-state index in [2.05, 4.69) is 42.2 Å². The fourth-order valence-electron chi connectivity index (χ4n) is 6.18. The van der Waals surface area contributed by atoms with E-state index in [4.69, 9.17) is 9.72 Å². The Morgan fingerprint density at radius 2 is 1.88 bits per heavy atom. The number of benzene rings is 1. The molecule has 1 aromatic heterocycles. The minimum absolute atomic E-state index is 0.199. The number of rotatable bonds is 6. The predicted octanol–water partition coefficient (Wildman–Crippen LogP) is 5.97. The highest BCUT2D eigenvalue weighted by Gasteiger charge is 2.40. The van der Waals surface area contributed by atoms with Gasteiger partial charge in [-0.1, -0.05) is 19.4 Å². The van der Waals surface area contributed by atoms with Gasteiger partial charge < -0.3 is 9.84 Å². The number of piperidine rings is 1. The lowest BCUT2D eigenvalue weighted by molar-refractivity contribution is -0.143. The van der Waals surface area contributed by atoms with Crippen molar-refractivity contribution in [3.05, 3.63) is 36.0 Å². The Kier molecular flexibility index (Phi) is 6.11. The number of hydrogen-bond donors (Lipinski definition) is 1. The van der Waals surface area contributed by atoms with Gasteiger partial charge in [0.1, 0.15) is 5.75 Å². The molecular weight excluding hydrogens is 400 g/mol. The van der Waals surface area contributed by atoms with Gasteiger partial charge in [0.05, 0.1) is 29.3 Å². The molecule has 2 saturated carbocycles. The van der Waals surface area contributed by atoms with Gasteiger partial charge >= 0.3 is 5.97 Å². The molecule has 0 radical (unpaired) electrons. The maximum absolute atomic E-state index is 11.3. The number of fused-ring (bicyclic) bond motifs is 1. The average molecular weight is 437 g/mol. The first-order valence-corrected chi connectivity index (χ1v) is 12.6. The summed E-state index contributed by atoms with van der Waals surface area (Å²) in [5.41, 5.74) is 2.76. The highest BCUT2D eigenvalue weighted by atomic mass is 16.5. The summed E-state index contributed by atoms with van der Waals surface area (Å²) in [6.07, 6.45) is 12.1. The van der Waals surface area contributed by atoms with E-state index >= 15 is 0 Å². The molecule has 2 aromatic rings. The molecule has 1 N–H and O–H groups in total. The number of likely N-dealkylation sites (tertiary alicyclic amines) is 1. The maximum atomic E-state index is 11.3. The number of hydrogen-bond acceptors (Lipinski definition) is 4. The first-order valence-electron chi connectivity index (χ1n) is 12.6. The molecule has 1 unspecified atom stereocenters. The zero-order valence-electron chi connectivity index (χ0n) is 19.3. The van der Waals surface area contributed by atoms with Gasteiger partial charge in [-0.05, 0) is 101 Å². The van der Waals surface area contributed by atoms with Gasteiger partial charge in [0, 0.05) is 5.39 Å². The Morgan fingerprint density at radius 1 is 1.12 bits per heavy atom. The van der Waals surface area contributed by atoms with Gasteiger partial charge in [0.15, 0.2) is 0 Å². The zero-order valence-corrected chi connectivity index (χ0v) is 19.3. The van der Waals surface area contributed by atoms with Crippen LogP contribution < -0.4 is 4.74 Å². The molecule has 1 atom stereocenters. The van der Waals surface area contributed by atoms with Gasteiger partial charge in [-0.2, -0.15) is 0 Å². The van der Waals surface area contributed by atoms with Crippen LogP contribution in [0.15, 0.2) is 30.3 Å². The lowest BCUT2D eigenvalue weighted by Gasteiger charge is -2.46. The zero-order chi connectivity index (χ0) is 22.1. The largest absolute Gasteiger partial charge is 0.490 e. The molecule has 1 spiro atoms. The molecule has 1 saturated heterocycles. The minimum Gasteiger partial charge on any atom is -0.490 e. The molecule has 3 aliphatic rings. The highest BCUT2D eigenvalue weighted by molar-refractivity contribution is 5.80. The Hall–Kier alpha value is -2.14. The van der Waals surface area contributed by atoms with Crippen molar-refractivity contribution in [1.29, 1.82) is 0 Å². The number of aliphatic carboxylic acids is 1. The van der Waals surface area contributed by atoms with Crippen LogP contribution >= 0.6 is 0 Å². The Labute approximate surface area is 191 Å². The second-order valence-electron chi connectivity index (χ2n) is 10.3. The summed E-state index contributed by atoms with van der Waals surface area (Å²) in [5, 5.41) is 10.4. The molecule has 1 aliphatic heterocycles. The van der Waals surface area contributed by atoms with Crippen LogP contribution in [0.5, 0.6) is 5.75 Å². The molecule has 5 nitrogen and oxygen atoms in total. The second kappa shape index (κ2) is 9.01. The standard InChI is InChI=1S/C27H36N2O3/c1-2-25(29-16-10-19(11-17-29)26(30)31)24-6-4-20-18-22(5-7-23(20)28-24)32-21-8-14-27(15-9-21)12-3-13-27/h4-7,18-19,21,25H,2-3,8-17H2,1H3,(H,30,31). The van der Waals surface area contributed by atoms with Gasteiger partial charge in [-0.15, -0.1) is 0 Å². The van der Waals surface area contributed by atoms with Gasteiger partial charge in [-0.25, -0.2) is 0 Å². The predicted molar refractivity (Wildman–Crippen MR) is 126 cm³/mol. The Balaban J connectivity index is 1.24. The third-order valence-corrected chi connectivity index (χ3v) is 8.44. The van der Waals surface area contributed by atoms with Crippen LogP contribution in [0.1, 0.15) is 82.9 Å². The van der Waals surface area contributed by atoms with Crippen LogP contribution in [0, 0.1) is 11.3 Å². The first-order chi connectivity index (χ1) is 15.5. The number of nitrogens with zero attached hydrogens (tertiary/aromatic N) is 2. The normalized spacial score (nSPS) is 23.2. The van der Waals surface area contributed by atoms with E-state index in [1.54, 1.807) is 0 Å². The van der Waals surface area contributed by atoms with Crippen molar-refractivity contribution in [2.45, 2.75) is 83.3 Å². The smallest absolute Gasteiger partial charge is 0.306 e. The first kappa shape index (κ1) is 21.7. The highest BCUT2D eigenvalue weighted by Crippen LogP contribution is 2.51. The van der Waals surface area contributed by atoms with E-state index in [1.165, 1.54) is 44.9 Å². The van der Waals surface area contributed by atoms with Gasteiger partial charge in [0.2, 0.25) is 0 Å². The monoisotopic (exact) mass is 436 g/mol. The SMILES string of the molecule is CCC(c1ccc2cc(OC3CCC4(CCC4)CC3)ccc2n1)N1CCC(C(=O)O)CC1. The van der Waals surface area contributed by atoms with Gasteiger partial charge in [0.25, 0.3) is 0 Å². The van der Waals surface area contributed by atoms with E-state index in [0.717, 1.165) is 54.7 Å².